The van der Waals surface area contributed by atoms with Crippen molar-refractivity contribution in [1.29, 1.82) is 0 Å². The van der Waals surface area contributed by atoms with Gasteiger partial charge in [0.05, 0.1) is 6.42 Å². The SMILES string of the molecule is O=C(O)Cc1ccc(SNc2ccccn2)cc1. The molecule has 18 heavy (non-hydrogen) atoms. The van der Waals surface area contributed by atoms with Gasteiger partial charge in [0.2, 0.25) is 0 Å². The summed E-state index contributed by atoms with van der Waals surface area (Å²) in [4.78, 5) is 15.7. The summed E-state index contributed by atoms with van der Waals surface area (Å²) in [5.41, 5.74) is 0.796. The maximum absolute atomic E-state index is 10.5. The van der Waals surface area contributed by atoms with Gasteiger partial charge in [0.1, 0.15) is 5.82 Å². The number of nitrogens with zero attached hydrogens (tertiary/aromatic N) is 1. The summed E-state index contributed by atoms with van der Waals surface area (Å²) in [6.07, 6.45) is 1.78. The molecule has 0 amide bonds. The van der Waals surface area contributed by atoms with Crippen molar-refractivity contribution in [2.45, 2.75) is 11.3 Å². The van der Waals surface area contributed by atoms with Crippen molar-refractivity contribution in [2.75, 3.05) is 4.72 Å². The predicted octanol–water partition coefficient (Wildman–Crippen LogP) is 2.83. The van der Waals surface area contributed by atoms with Gasteiger partial charge in [0.25, 0.3) is 0 Å². The van der Waals surface area contributed by atoms with Crippen LogP contribution in [0.4, 0.5) is 5.82 Å². The minimum absolute atomic E-state index is 0.0542. The lowest BCUT2D eigenvalue weighted by molar-refractivity contribution is -0.136. The Kier molecular flexibility index (Phi) is 4.20. The molecule has 0 saturated carbocycles. The van der Waals surface area contributed by atoms with E-state index >= 15 is 0 Å². The highest BCUT2D eigenvalue weighted by Gasteiger charge is 2.01. The van der Waals surface area contributed by atoms with Crippen molar-refractivity contribution in [3.63, 3.8) is 0 Å². The van der Waals surface area contributed by atoms with E-state index in [1.165, 1.54) is 11.9 Å². The number of carboxylic acids is 1. The summed E-state index contributed by atoms with van der Waals surface area (Å²) in [6, 6.07) is 13.1. The Labute approximate surface area is 109 Å². The van der Waals surface area contributed by atoms with Crippen LogP contribution in [0.3, 0.4) is 0 Å². The normalized spacial score (nSPS) is 10.0. The number of aromatic nitrogens is 1. The number of benzene rings is 1. The minimum Gasteiger partial charge on any atom is -0.481 e. The highest BCUT2D eigenvalue weighted by molar-refractivity contribution is 8.00. The number of nitrogens with one attached hydrogen (secondary N) is 1. The molecule has 0 aliphatic rings. The second kappa shape index (κ2) is 6.07. The van der Waals surface area contributed by atoms with E-state index in [2.05, 4.69) is 9.71 Å². The molecular weight excluding hydrogens is 248 g/mol. The van der Waals surface area contributed by atoms with Crippen LogP contribution in [0, 0.1) is 0 Å². The van der Waals surface area contributed by atoms with Crippen molar-refractivity contribution >= 4 is 23.7 Å². The van der Waals surface area contributed by atoms with Crippen LogP contribution in [0.15, 0.2) is 53.6 Å². The minimum atomic E-state index is -0.818. The standard InChI is InChI=1S/C13H12N2O2S/c16-13(17)9-10-4-6-11(7-5-10)18-15-12-3-1-2-8-14-12/h1-8H,9H2,(H,14,15)(H,16,17). The van der Waals surface area contributed by atoms with Crippen molar-refractivity contribution in [1.82, 2.24) is 4.98 Å². The fraction of sp³-hybridized carbons (Fsp3) is 0.0769. The summed E-state index contributed by atoms with van der Waals surface area (Å²) in [7, 11) is 0. The highest BCUT2D eigenvalue weighted by atomic mass is 32.2. The lowest BCUT2D eigenvalue weighted by Crippen LogP contribution is -1.99. The van der Waals surface area contributed by atoms with Crippen molar-refractivity contribution < 1.29 is 9.90 Å². The second-order valence-corrected chi connectivity index (χ2v) is 4.51. The zero-order valence-electron chi connectivity index (χ0n) is 9.54. The summed E-state index contributed by atoms with van der Waals surface area (Å²) in [5, 5.41) is 8.66. The average molecular weight is 260 g/mol. The van der Waals surface area contributed by atoms with Crippen LogP contribution in [-0.2, 0) is 11.2 Å². The van der Waals surface area contributed by atoms with Gasteiger partial charge < -0.3 is 9.83 Å². The fourth-order valence-electron chi connectivity index (χ4n) is 1.38. The van der Waals surface area contributed by atoms with E-state index in [0.29, 0.717) is 0 Å². The van der Waals surface area contributed by atoms with E-state index < -0.39 is 5.97 Å². The Balaban J connectivity index is 1.92. The van der Waals surface area contributed by atoms with E-state index in [4.69, 9.17) is 5.11 Å². The highest BCUT2D eigenvalue weighted by Crippen LogP contribution is 2.20. The molecule has 4 nitrogen and oxygen atoms in total. The third-order valence-corrected chi connectivity index (χ3v) is 3.04. The van der Waals surface area contributed by atoms with E-state index in [0.717, 1.165) is 16.3 Å². The van der Waals surface area contributed by atoms with E-state index in [1.807, 2.05) is 42.5 Å². The van der Waals surface area contributed by atoms with Crippen LogP contribution in [0.5, 0.6) is 0 Å². The molecule has 0 aliphatic carbocycles. The molecule has 1 heterocycles. The van der Waals surface area contributed by atoms with Gasteiger partial charge in [-0.2, -0.15) is 0 Å². The molecular formula is C13H12N2O2S. The molecule has 0 unspecified atom stereocenters. The first-order valence-corrected chi connectivity index (χ1v) is 6.20. The van der Waals surface area contributed by atoms with Crippen LogP contribution in [-0.4, -0.2) is 16.1 Å². The number of carboxylic acid groups (broad SMARTS) is 1. The molecule has 2 rings (SSSR count). The Morgan fingerprint density at radius 1 is 1.22 bits per heavy atom. The molecule has 0 saturated heterocycles. The molecule has 0 radical (unpaired) electrons. The number of aliphatic carboxylic acids is 1. The Bertz CT molecular complexity index is 514. The summed E-state index contributed by atoms with van der Waals surface area (Å²) >= 11 is 1.44. The maximum Gasteiger partial charge on any atom is 0.307 e. The molecule has 1 aromatic carbocycles. The van der Waals surface area contributed by atoms with Gasteiger partial charge in [-0.3, -0.25) is 4.79 Å². The number of hydrogen-bond donors (Lipinski definition) is 2. The lowest BCUT2D eigenvalue weighted by Gasteiger charge is -2.04. The summed E-state index contributed by atoms with van der Waals surface area (Å²) < 4.78 is 3.11. The van der Waals surface area contributed by atoms with Crippen LogP contribution in [0.25, 0.3) is 0 Å². The van der Waals surface area contributed by atoms with E-state index in [1.54, 1.807) is 6.20 Å². The zero-order chi connectivity index (χ0) is 12.8. The second-order valence-electron chi connectivity index (χ2n) is 3.63. The number of hydrogen-bond acceptors (Lipinski definition) is 4. The van der Waals surface area contributed by atoms with Gasteiger partial charge in [0.15, 0.2) is 0 Å². The van der Waals surface area contributed by atoms with Crippen molar-refractivity contribution in [3.8, 4) is 0 Å². The first kappa shape index (κ1) is 12.4. The molecule has 0 spiro atoms. The van der Waals surface area contributed by atoms with Gasteiger partial charge in [-0.25, -0.2) is 4.98 Å². The average Bonchev–Trinajstić information content (AvgIpc) is 2.38. The molecule has 92 valence electrons. The Morgan fingerprint density at radius 3 is 2.61 bits per heavy atom. The molecule has 0 bridgehead atoms. The van der Waals surface area contributed by atoms with Crippen LogP contribution in [0.2, 0.25) is 0 Å². The van der Waals surface area contributed by atoms with E-state index in [-0.39, 0.29) is 6.42 Å². The monoisotopic (exact) mass is 260 g/mol. The fourth-order valence-corrected chi connectivity index (χ4v) is 2.00. The Morgan fingerprint density at radius 2 is 2.00 bits per heavy atom. The molecule has 1 aromatic heterocycles. The number of carbonyl (C=O) groups is 1. The molecule has 0 fully saturated rings. The van der Waals surface area contributed by atoms with Crippen LogP contribution < -0.4 is 4.72 Å². The first-order chi connectivity index (χ1) is 8.74. The molecule has 0 aliphatic heterocycles. The summed E-state index contributed by atoms with van der Waals surface area (Å²) in [6.45, 7) is 0. The van der Waals surface area contributed by atoms with E-state index in [9.17, 15) is 4.79 Å². The van der Waals surface area contributed by atoms with Gasteiger partial charge >= 0.3 is 5.97 Å². The van der Waals surface area contributed by atoms with Gasteiger partial charge in [-0.05, 0) is 41.8 Å². The molecule has 2 aromatic rings. The third kappa shape index (κ3) is 3.78. The van der Waals surface area contributed by atoms with Gasteiger partial charge in [-0.1, -0.05) is 18.2 Å². The van der Waals surface area contributed by atoms with Crippen molar-refractivity contribution in [2.24, 2.45) is 0 Å². The number of rotatable bonds is 5. The zero-order valence-corrected chi connectivity index (χ0v) is 10.4. The maximum atomic E-state index is 10.5. The number of pyridine rings is 1. The van der Waals surface area contributed by atoms with Gasteiger partial charge in [0, 0.05) is 11.1 Å². The van der Waals surface area contributed by atoms with Crippen LogP contribution >= 0.6 is 11.9 Å². The quantitative estimate of drug-likeness (QED) is 0.809. The Hall–Kier alpha value is -2.01. The lowest BCUT2D eigenvalue weighted by atomic mass is 10.2. The first-order valence-electron chi connectivity index (χ1n) is 5.38. The summed E-state index contributed by atoms with van der Waals surface area (Å²) in [5.74, 6) is -0.0286. The molecule has 0 atom stereocenters. The topological polar surface area (TPSA) is 62.2 Å². The predicted molar refractivity (Wildman–Crippen MR) is 71.5 cm³/mol. The third-order valence-electron chi connectivity index (χ3n) is 2.22. The van der Waals surface area contributed by atoms with Gasteiger partial charge in [-0.15, -0.1) is 0 Å². The largest absolute Gasteiger partial charge is 0.481 e. The van der Waals surface area contributed by atoms with Crippen molar-refractivity contribution in [3.05, 3.63) is 54.2 Å². The molecule has 5 heteroatoms. The smallest absolute Gasteiger partial charge is 0.307 e. The number of anilines is 1. The van der Waals surface area contributed by atoms with Crippen LogP contribution in [0.1, 0.15) is 5.56 Å². The molecule has 2 N–H and O–H groups in total.